The van der Waals surface area contributed by atoms with Gasteiger partial charge in [0.05, 0.1) is 6.61 Å². The lowest BCUT2D eigenvalue weighted by Crippen LogP contribution is -2.38. The second-order valence-corrected chi connectivity index (χ2v) is 4.60. The molecule has 0 radical (unpaired) electrons. The number of hydrogen-bond acceptors (Lipinski definition) is 3. The summed E-state index contributed by atoms with van der Waals surface area (Å²) in [7, 11) is 1.79. The molecule has 0 saturated carbocycles. The minimum Gasteiger partial charge on any atom is -0.383 e. The Labute approximate surface area is 108 Å². The van der Waals surface area contributed by atoms with Gasteiger partial charge in [0.15, 0.2) is 0 Å². The molecule has 3 nitrogen and oxygen atoms in total. The molecule has 0 heterocycles. The Morgan fingerprint density at radius 2 is 1.76 bits per heavy atom. The highest BCUT2D eigenvalue weighted by Gasteiger charge is 2.13. The maximum atomic E-state index is 5.20. The van der Waals surface area contributed by atoms with E-state index in [2.05, 4.69) is 31.0 Å². The summed E-state index contributed by atoms with van der Waals surface area (Å²) in [5, 5.41) is 3.46. The van der Waals surface area contributed by atoms with Crippen molar-refractivity contribution in [3.05, 3.63) is 0 Å². The summed E-state index contributed by atoms with van der Waals surface area (Å²) in [6.07, 6.45) is 4.94. The van der Waals surface area contributed by atoms with E-state index in [1.165, 1.54) is 32.2 Å². The summed E-state index contributed by atoms with van der Waals surface area (Å²) in [5.41, 5.74) is 0. The molecular formula is C14H32N2O. The zero-order chi connectivity index (χ0) is 12.9. The van der Waals surface area contributed by atoms with Gasteiger partial charge in [-0.2, -0.15) is 0 Å². The van der Waals surface area contributed by atoms with Crippen LogP contribution >= 0.6 is 0 Å². The van der Waals surface area contributed by atoms with Crippen molar-refractivity contribution >= 4 is 0 Å². The lowest BCUT2D eigenvalue weighted by atomic mass is 10.1. The summed E-state index contributed by atoms with van der Waals surface area (Å²) in [6, 6.07) is 0.719. The lowest BCUT2D eigenvalue weighted by Gasteiger charge is -2.30. The topological polar surface area (TPSA) is 24.5 Å². The Bertz CT molecular complexity index is 149. The second kappa shape index (κ2) is 12.3. The Morgan fingerprint density at radius 3 is 2.29 bits per heavy atom. The summed E-state index contributed by atoms with van der Waals surface area (Å²) >= 11 is 0. The quantitative estimate of drug-likeness (QED) is 0.534. The molecule has 0 saturated heterocycles. The van der Waals surface area contributed by atoms with Crippen molar-refractivity contribution in [2.45, 2.75) is 52.5 Å². The molecule has 0 rings (SSSR count). The van der Waals surface area contributed by atoms with Crippen LogP contribution in [0.15, 0.2) is 0 Å². The largest absolute Gasteiger partial charge is 0.383 e. The second-order valence-electron chi connectivity index (χ2n) is 4.60. The average Bonchev–Trinajstić information content (AvgIpc) is 2.36. The van der Waals surface area contributed by atoms with Gasteiger partial charge < -0.3 is 10.1 Å². The highest BCUT2D eigenvalue weighted by Crippen LogP contribution is 2.08. The van der Waals surface area contributed by atoms with Crippen LogP contribution in [0.5, 0.6) is 0 Å². The number of methoxy groups -OCH3 is 1. The molecule has 0 bridgehead atoms. The minimum atomic E-state index is 0.719. The minimum absolute atomic E-state index is 0.719. The van der Waals surface area contributed by atoms with Crippen LogP contribution < -0.4 is 5.32 Å². The zero-order valence-corrected chi connectivity index (χ0v) is 12.3. The maximum absolute atomic E-state index is 5.20. The van der Waals surface area contributed by atoms with Crippen molar-refractivity contribution in [3.8, 4) is 0 Å². The fourth-order valence-corrected chi connectivity index (χ4v) is 2.20. The zero-order valence-electron chi connectivity index (χ0n) is 12.3. The maximum Gasteiger partial charge on any atom is 0.0589 e. The van der Waals surface area contributed by atoms with Crippen LogP contribution in [0.1, 0.15) is 46.5 Å². The van der Waals surface area contributed by atoms with Crippen LogP contribution in [0, 0.1) is 0 Å². The van der Waals surface area contributed by atoms with Crippen LogP contribution in [0.3, 0.4) is 0 Å². The number of rotatable bonds is 12. The van der Waals surface area contributed by atoms with E-state index in [4.69, 9.17) is 4.74 Å². The molecule has 0 spiro atoms. The van der Waals surface area contributed by atoms with Crippen LogP contribution in [0.4, 0.5) is 0 Å². The molecule has 0 amide bonds. The highest BCUT2D eigenvalue weighted by atomic mass is 16.5. The molecule has 17 heavy (non-hydrogen) atoms. The molecule has 0 atom stereocenters. The molecule has 3 heteroatoms. The average molecular weight is 244 g/mol. The van der Waals surface area contributed by atoms with Gasteiger partial charge in [-0.05, 0) is 45.3 Å². The van der Waals surface area contributed by atoms with E-state index >= 15 is 0 Å². The van der Waals surface area contributed by atoms with Gasteiger partial charge in [-0.3, -0.25) is 4.90 Å². The molecule has 0 fully saturated rings. The first-order valence-corrected chi connectivity index (χ1v) is 7.23. The monoisotopic (exact) mass is 244 g/mol. The summed E-state index contributed by atoms with van der Waals surface area (Å²) < 4.78 is 5.20. The number of ether oxygens (including phenoxy) is 1. The standard InChI is InChI=1S/C14H32N2O/c1-5-9-15-10-8-11-16(12-13-17-4)14(6-2)7-3/h14-15H,5-13H2,1-4H3. The Balaban J connectivity index is 3.83. The van der Waals surface area contributed by atoms with Gasteiger partial charge in [0.25, 0.3) is 0 Å². The molecule has 0 aromatic carbocycles. The van der Waals surface area contributed by atoms with E-state index in [0.717, 1.165) is 32.3 Å². The van der Waals surface area contributed by atoms with E-state index in [1.54, 1.807) is 7.11 Å². The summed E-state index contributed by atoms with van der Waals surface area (Å²) in [6.45, 7) is 12.1. The lowest BCUT2D eigenvalue weighted by molar-refractivity contribution is 0.114. The van der Waals surface area contributed by atoms with Crippen molar-refractivity contribution in [1.29, 1.82) is 0 Å². The molecule has 0 aromatic heterocycles. The van der Waals surface area contributed by atoms with Crippen LogP contribution in [-0.2, 0) is 4.74 Å². The predicted molar refractivity (Wildman–Crippen MR) is 75.6 cm³/mol. The first kappa shape index (κ1) is 16.9. The van der Waals surface area contributed by atoms with Gasteiger partial charge in [0.2, 0.25) is 0 Å². The highest BCUT2D eigenvalue weighted by molar-refractivity contribution is 4.69. The van der Waals surface area contributed by atoms with Crippen molar-refractivity contribution < 1.29 is 4.74 Å². The fraction of sp³-hybridized carbons (Fsp3) is 1.00. The van der Waals surface area contributed by atoms with Gasteiger partial charge in [0.1, 0.15) is 0 Å². The predicted octanol–water partition coefficient (Wildman–Crippen LogP) is 2.51. The Kier molecular flexibility index (Phi) is 12.3. The third-order valence-corrected chi connectivity index (χ3v) is 3.27. The molecule has 1 N–H and O–H groups in total. The molecule has 0 aliphatic rings. The van der Waals surface area contributed by atoms with Gasteiger partial charge in [-0.15, -0.1) is 0 Å². The van der Waals surface area contributed by atoms with Gasteiger partial charge in [-0.1, -0.05) is 20.8 Å². The Morgan fingerprint density at radius 1 is 1.06 bits per heavy atom. The van der Waals surface area contributed by atoms with Gasteiger partial charge in [-0.25, -0.2) is 0 Å². The van der Waals surface area contributed by atoms with Crippen molar-refractivity contribution in [3.63, 3.8) is 0 Å². The van der Waals surface area contributed by atoms with Crippen LogP contribution in [0.25, 0.3) is 0 Å². The molecule has 0 aliphatic heterocycles. The number of hydrogen-bond donors (Lipinski definition) is 1. The van der Waals surface area contributed by atoms with Crippen molar-refractivity contribution in [2.24, 2.45) is 0 Å². The molecule has 0 unspecified atom stereocenters. The van der Waals surface area contributed by atoms with E-state index in [-0.39, 0.29) is 0 Å². The van der Waals surface area contributed by atoms with Crippen LogP contribution in [-0.4, -0.2) is 50.8 Å². The third kappa shape index (κ3) is 8.58. The molecule has 0 aromatic rings. The number of nitrogens with zero attached hydrogens (tertiary/aromatic N) is 1. The van der Waals surface area contributed by atoms with Crippen molar-refractivity contribution in [2.75, 3.05) is 39.9 Å². The molecular weight excluding hydrogens is 212 g/mol. The van der Waals surface area contributed by atoms with Crippen molar-refractivity contribution in [1.82, 2.24) is 10.2 Å². The molecule has 104 valence electrons. The van der Waals surface area contributed by atoms with E-state index < -0.39 is 0 Å². The first-order chi connectivity index (χ1) is 8.29. The van der Waals surface area contributed by atoms with Crippen LogP contribution in [0.2, 0.25) is 0 Å². The van der Waals surface area contributed by atoms with E-state index in [1.807, 2.05) is 0 Å². The van der Waals surface area contributed by atoms with Gasteiger partial charge in [0, 0.05) is 19.7 Å². The summed E-state index contributed by atoms with van der Waals surface area (Å²) in [5.74, 6) is 0. The SMILES string of the molecule is CCCNCCCN(CCOC)C(CC)CC. The molecule has 0 aliphatic carbocycles. The van der Waals surface area contributed by atoms with E-state index in [0.29, 0.717) is 0 Å². The third-order valence-electron chi connectivity index (χ3n) is 3.27. The van der Waals surface area contributed by atoms with E-state index in [9.17, 15) is 0 Å². The smallest absolute Gasteiger partial charge is 0.0589 e. The van der Waals surface area contributed by atoms with Gasteiger partial charge >= 0.3 is 0 Å². The summed E-state index contributed by atoms with van der Waals surface area (Å²) in [4.78, 5) is 2.58. The normalized spacial score (nSPS) is 11.6. The first-order valence-electron chi connectivity index (χ1n) is 7.23. The number of nitrogens with one attached hydrogen (secondary N) is 1. The Hall–Kier alpha value is -0.120. The fourth-order valence-electron chi connectivity index (χ4n) is 2.20.